The minimum absolute atomic E-state index is 0.0520. The zero-order valence-corrected chi connectivity index (χ0v) is 16.8. The van der Waals surface area contributed by atoms with Gasteiger partial charge in [0.05, 0.1) is 31.3 Å². The van der Waals surface area contributed by atoms with Gasteiger partial charge in [0.2, 0.25) is 5.95 Å². The summed E-state index contributed by atoms with van der Waals surface area (Å²) in [4.78, 5) is 17.0. The molecule has 10 heteroatoms. The Labute approximate surface area is 172 Å². The number of hydrogen-bond acceptors (Lipinski definition) is 9. The first-order chi connectivity index (χ1) is 14.2. The molecule has 0 amide bonds. The molecule has 9 nitrogen and oxygen atoms in total. The molecule has 3 rings (SSSR count). The number of aliphatic imine (C=N–C) groups is 1. The minimum Gasteiger partial charge on any atom is -0.491 e. The van der Waals surface area contributed by atoms with Crippen molar-refractivity contribution in [3.63, 3.8) is 0 Å². The van der Waals surface area contributed by atoms with Gasteiger partial charge in [-0.25, -0.2) is 14.4 Å². The van der Waals surface area contributed by atoms with Crippen molar-refractivity contribution in [2.24, 2.45) is 15.9 Å². The summed E-state index contributed by atoms with van der Waals surface area (Å²) in [7, 11) is 1.34. The Kier molecular flexibility index (Phi) is 5.88. The molecule has 0 bridgehead atoms. The zero-order valence-electron chi connectivity index (χ0n) is 16.8. The van der Waals surface area contributed by atoms with E-state index >= 15 is 0 Å². The molecule has 0 saturated carbocycles. The maximum atomic E-state index is 14.0. The number of nitrogen functional groups attached to an aromatic ring is 1. The van der Waals surface area contributed by atoms with Gasteiger partial charge in [0.15, 0.2) is 11.6 Å². The van der Waals surface area contributed by atoms with Gasteiger partial charge < -0.3 is 21.4 Å². The first-order valence-electron chi connectivity index (χ1n) is 9.01. The van der Waals surface area contributed by atoms with Gasteiger partial charge in [0.25, 0.3) is 0 Å². The van der Waals surface area contributed by atoms with Gasteiger partial charge in [0, 0.05) is 5.39 Å². The van der Waals surface area contributed by atoms with Crippen LogP contribution in [0.25, 0.3) is 10.9 Å². The fourth-order valence-electron chi connectivity index (χ4n) is 2.84. The summed E-state index contributed by atoms with van der Waals surface area (Å²) < 4.78 is 19.1. The number of ether oxygens (including phenoxy) is 1. The normalized spacial score (nSPS) is 12.6. The number of benzene rings is 1. The third-order valence-corrected chi connectivity index (χ3v) is 4.28. The lowest BCUT2D eigenvalue weighted by Crippen LogP contribution is -2.18. The van der Waals surface area contributed by atoms with Crippen LogP contribution in [0.2, 0.25) is 0 Å². The summed E-state index contributed by atoms with van der Waals surface area (Å²) in [6.45, 7) is 3.53. The summed E-state index contributed by atoms with van der Waals surface area (Å²) in [5.74, 6) is 4.83. The monoisotopic (exact) mass is 411 g/mol. The van der Waals surface area contributed by atoms with Crippen LogP contribution in [0.4, 0.5) is 10.3 Å². The molecule has 0 unspecified atom stereocenters. The zero-order chi connectivity index (χ0) is 21.9. The average molecular weight is 411 g/mol. The first kappa shape index (κ1) is 21.1. The Hall–Kier alpha value is -3.66. The molecule has 0 atom stereocenters. The lowest BCUT2D eigenvalue weighted by atomic mass is 10.0. The van der Waals surface area contributed by atoms with Crippen LogP contribution in [0.5, 0.6) is 5.75 Å². The van der Waals surface area contributed by atoms with Gasteiger partial charge in [0.1, 0.15) is 22.5 Å². The number of aromatic nitrogens is 3. The number of aliphatic hydroxyl groups is 1. The van der Waals surface area contributed by atoms with E-state index in [-0.39, 0.29) is 29.5 Å². The number of fused-ring (bicyclic) bond motifs is 1. The number of rotatable bonds is 6. The third-order valence-electron chi connectivity index (χ3n) is 4.28. The molecule has 0 aliphatic heterocycles. The molecule has 0 aliphatic carbocycles. The summed E-state index contributed by atoms with van der Waals surface area (Å²) in [5.41, 5.74) is 6.64. The van der Waals surface area contributed by atoms with Gasteiger partial charge in [-0.15, -0.1) is 0 Å². The van der Waals surface area contributed by atoms with Crippen LogP contribution < -0.4 is 16.3 Å². The van der Waals surface area contributed by atoms with Crippen LogP contribution in [-0.4, -0.2) is 39.1 Å². The topological polar surface area (TPSA) is 145 Å². The maximum absolute atomic E-state index is 14.0. The Morgan fingerprint density at radius 3 is 2.67 bits per heavy atom. The van der Waals surface area contributed by atoms with Crippen LogP contribution >= 0.6 is 0 Å². The smallest absolute Gasteiger partial charge is 0.221 e. The molecule has 0 spiro atoms. The summed E-state index contributed by atoms with van der Waals surface area (Å²) in [5, 5.41) is 14.3. The van der Waals surface area contributed by atoms with Crippen molar-refractivity contribution in [2.45, 2.75) is 26.0 Å². The van der Waals surface area contributed by atoms with Crippen LogP contribution in [0.15, 0.2) is 40.4 Å². The molecular weight excluding hydrogens is 389 g/mol. The highest BCUT2D eigenvalue weighted by atomic mass is 19.1. The van der Waals surface area contributed by atoms with Gasteiger partial charge in [-0.1, -0.05) is 6.07 Å². The molecule has 0 radical (unpaired) electrons. The first-order valence-corrected chi connectivity index (χ1v) is 9.01. The van der Waals surface area contributed by atoms with E-state index in [0.29, 0.717) is 22.5 Å². The number of anilines is 1. The Morgan fingerprint density at radius 1 is 1.23 bits per heavy atom. The summed E-state index contributed by atoms with van der Waals surface area (Å²) in [6.07, 6.45) is 1.43. The lowest BCUT2D eigenvalue weighted by molar-refractivity contribution is 0.0736. The van der Waals surface area contributed by atoms with Crippen molar-refractivity contribution < 1.29 is 14.2 Å². The highest BCUT2D eigenvalue weighted by Crippen LogP contribution is 2.29. The second kappa shape index (κ2) is 8.37. The standard InChI is InChI=1S/C20H22FN7O2/c1-20(2,29)15-6-4-5-11(25-15)9-24-10-14(28-23)16-12-7-8-13(21)18(30-3)17(12)27-19(22)26-16/h4-8,10,29H,9,23H2,1-3H3,(H2,22,26,27). The molecule has 5 N–H and O–H groups in total. The van der Waals surface area contributed by atoms with E-state index < -0.39 is 11.4 Å². The second-order valence-corrected chi connectivity index (χ2v) is 6.96. The van der Waals surface area contributed by atoms with Crippen molar-refractivity contribution in [1.82, 2.24) is 15.0 Å². The fourth-order valence-corrected chi connectivity index (χ4v) is 2.84. The van der Waals surface area contributed by atoms with E-state index in [9.17, 15) is 9.50 Å². The van der Waals surface area contributed by atoms with E-state index in [1.807, 2.05) is 0 Å². The van der Waals surface area contributed by atoms with E-state index in [1.165, 1.54) is 25.5 Å². The number of hydrazone groups is 1. The molecule has 1 aromatic carbocycles. The van der Waals surface area contributed by atoms with Gasteiger partial charge >= 0.3 is 0 Å². The maximum Gasteiger partial charge on any atom is 0.221 e. The van der Waals surface area contributed by atoms with Gasteiger partial charge in [-0.3, -0.25) is 9.98 Å². The SMILES string of the molecule is COc1c(F)ccc2c(C(C=NCc3cccc(C(C)(C)O)n3)=NN)nc(N)nc12. The molecule has 30 heavy (non-hydrogen) atoms. The predicted octanol–water partition coefficient (Wildman–Crippen LogP) is 1.92. The van der Waals surface area contributed by atoms with E-state index in [0.717, 1.165) is 0 Å². The lowest BCUT2D eigenvalue weighted by Gasteiger charge is -2.16. The highest BCUT2D eigenvalue weighted by Gasteiger charge is 2.18. The highest BCUT2D eigenvalue weighted by molar-refractivity contribution is 6.40. The number of methoxy groups -OCH3 is 1. The minimum atomic E-state index is -1.06. The average Bonchev–Trinajstić information content (AvgIpc) is 2.70. The number of halogens is 1. The largest absolute Gasteiger partial charge is 0.491 e. The van der Waals surface area contributed by atoms with Crippen molar-refractivity contribution in [2.75, 3.05) is 12.8 Å². The van der Waals surface area contributed by atoms with Crippen molar-refractivity contribution in [3.05, 3.63) is 53.2 Å². The van der Waals surface area contributed by atoms with Crippen molar-refractivity contribution in [3.8, 4) is 5.75 Å². The number of pyridine rings is 1. The number of nitrogens with zero attached hydrogens (tertiary/aromatic N) is 5. The molecule has 0 fully saturated rings. The van der Waals surface area contributed by atoms with Gasteiger partial charge in [-0.05, 0) is 38.1 Å². The predicted molar refractivity (Wildman–Crippen MR) is 113 cm³/mol. The summed E-state index contributed by atoms with van der Waals surface area (Å²) >= 11 is 0. The number of nitrogens with two attached hydrogens (primary N) is 2. The fraction of sp³-hybridized carbons (Fsp3) is 0.250. The molecule has 0 aliphatic rings. The quantitative estimate of drug-likeness (QED) is 0.319. The molecule has 156 valence electrons. The van der Waals surface area contributed by atoms with Crippen molar-refractivity contribution >= 4 is 28.8 Å². The summed E-state index contributed by atoms with van der Waals surface area (Å²) in [6, 6.07) is 8.05. The van der Waals surface area contributed by atoms with Crippen LogP contribution in [-0.2, 0) is 12.1 Å². The molecular formula is C20H22FN7O2. The second-order valence-electron chi connectivity index (χ2n) is 6.96. The van der Waals surface area contributed by atoms with E-state index in [4.69, 9.17) is 16.3 Å². The van der Waals surface area contributed by atoms with E-state index in [1.54, 1.807) is 32.0 Å². The van der Waals surface area contributed by atoms with Crippen LogP contribution in [0, 0.1) is 5.82 Å². The van der Waals surface area contributed by atoms with Crippen LogP contribution in [0.1, 0.15) is 30.9 Å². The Morgan fingerprint density at radius 2 is 2.00 bits per heavy atom. The Bertz CT molecular complexity index is 1140. The van der Waals surface area contributed by atoms with Crippen LogP contribution in [0.3, 0.4) is 0 Å². The van der Waals surface area contributed by atoms with E-state index in [2.05, 4.69) is 25.0 Å². The molecule has 3 aromatic rings. The third kappa shape index (κ3) is 4.33. The van der Waals surface area contributed by atoms with Crippen molar-refractivity contribution in [1.29, 1.82) is 0 Å². The van der Waals surface area contributed by atoms with Gasteiger partial charge in [-0.2, -0.15) is 5.10 Å². The molecule has 0 saturated heterocycles. The Balaban J connectivity index is 1.95. The number of hydrogen-bond donors (Lipinski definition) is 3. The molecule has 2 aromatic heterocycles. The molecule has 2 heterocycles.